The molecule has 2 atom stereocenters. The zero-order valence-electron chi connectivity index (χ0n) is 11.8. The summed E-state index contributed by atoms with van der Waals surface area (Å²) in [6.45, 7) is 0. The van der Waals surface area contributed by atoms with Gasteiger partial charge in [0, 0.05) is 23.9 Å². The van der Waals surface area contributed by atoms with Gasteiger partial charge in [-0.3, -0.25) is 4.99 Å². The van der Waals surface area contributed by atoms with Crippen LogP contribution in [-0.2, 0) is 4.79 Å². The Kier molecular flexibility index (Phi) is 3.54. The minimum atomic E-state index is -0.588. The third kappa shape index (κ3) is 2.34. The zero-order chi connectivity index (χ0) is 14.8. The van der Waals surface area contributed by atoms with E-state index in [-0.39, 0.29) is 0 Å². The van der Waals surface area contributed by atoms with Crippen molar-refractivity contribution >= 4 is 17.7 Å². The van der Waals surface area contributed by atoms with Crippen LogP contribution in [0.15, 0.2) is 59.6 Å². The minimum absolute atomic E-state index is 0.465. The molecule has 2 N–H and O–H groups in total. The Hall–Kier alpha value is -2.46. The first-order chi connectivity index (χ1) is 10.2. The molecule has 3 rings (SSSR count). The van der Waals surface area contributed by atoms with E-state index in [1.807, 2.05) is 66.5 Å². The molecule has 1 unspecified atom stereocenters. The number of benzodiazepines with no additional fused rings is 1. The van der Waals surface area contributed by atoms with Gasteiger partial charge in [-0.05, 0) is 6.07 Å². The van der Waals surface area contributed by atoms with E-state index < -0.39 is 12.2 Å². The van der Waals surface area contributed by atoms with Crippen molar-refractivity contribution in [2.75, 3.05) is 11.9 Å². The topological polar surface area (TPSA) is 58.7 Å². The van der Waals surface area contributed by atoms with Gasteiger partial charge in [-0.25, -0.2) is 0 Å². The molecule has 0 saturated carbocycles. The number of benzene rings is 2. The van der Waals surface area contributed by atoms with E-state index in [1.54, 1.807) is 0 Å². The van der Waals surface area contributed by atoms with E-state index >= 15 is 0 Å². The fraction of sp³-hybridized carbons (Fsp3) is 0.176. The molecule has 4 nitrogen and oxygen atoms in total. The number of para-hydroxylation sites is 1. The van der Waals surface area contributed by atoms with E-state index in [2.05, 4.69) is 4.99 Å². The lowest BCUT2D eigenvalue weighted by Gasteiger charge is -2.27. The van der Waals surface area contributed by atoms with Gasteiger partial charge in [0.2, 0.25) is 0 Å². The number of likely N-dealkylation sites (N-methyl/N-ethyl adjacent to an activating group) is 1. The Labute approximate surface area is 123 Å². The van der Waals surface area contributed by atoms with Crippen LogP contribution in [0.25, 0.3) is 0 Å². The van der Waals surface area contributed by atoms with Crippen molar-refractivity contribution < 1.29 is 4.79 Å². The second-order valence-corrected chi connectivity index (χ2v) is 5.09. The lowest BCUT2D eigenvalue weighted by molar-refractivity contribution is -0.109. The SMILES string of the molecule is CN1c2ccccc2C(c2ccccc2)=N[C@H](N)C1C=O. The number of carbonyl (C=O) groups is 1. The molecule has 0 aliphatic carbocycles. The molecule has 0 spiro atoms. The molecule has 0 bridgehead atoms. The maximum absolute atomic E-state index is 11.4. The average molecular weight is 279 g/mol. The predicted molar refractivity (Wildman–Crippen MR) is 84.8 cm³/mol. The number of hydrogen-bond donors (Lipinski definition) is 1. The Morgan fingerprint density at radius 2 is 1.76 bits per heavy atom. The van der Waals surface area contributed by atoms with E-state index in [0.29, 0.717) is 0 Å². The lowest BCUT2D eigenvalue weighted by atomic mass is 10.0. The van der Waals surface area contributed by atoms with Gasteiger partial charge in [0.15, 0.2) is 0 Å². The van der Waals surface area contributed by atoms with Crippen molar-refractivity contribution in [3.8, 4) is 0 Å². The summed E-state index contributed by atoms with van der Waals surface area (Å²) in [5, 5.41) is 0. The van der Waals surface area contributed by atoms with Crippen LogP contribution in [0.5, 0.6) is 0 Å². The Morgan fingerprint density at radius 1 is 1.10 bits per heavy atom. The van der Waals surface area contributed by atoms with Crippen LogP contribution in [0.1, 0.15) is 11.1 Å². The van der Waals surface area contributed by atoms with Gasteiger partial charge in [0.1, 0.15) is 18.5 Å². The first-order valence-corrected chi connectivity index (χ1v) is 6.88. The summed E-state index contributed by atoms with van der Waals surface area (Å²) in [4.78, 5) is 17.9. The number of hydrogen-bond acceptors (Lipinski definition) is 4. The van der Waals surface area contributed by atoms with Crippen molar-refractivity contribution in [3.05, 3.63) is 65.7 Å². The van der Waals surface area contributed by atoms with Gasteiger partial charge < -0.3 is 15.4 Å². The van der Waals surface area contributed by atoms with Crippen LogP contribution in [0.4, 0.5) is 5.69 Å². The summed E-state index contributed by atoms with van der Waals surface area (Å²) in [6.07, 6.45) is 0.272. The van der Waals surface area contributed by atoms with Crippen LogP contribution in [-0.4, -0.2) is 31.3 Å². The van der Waals surface area contributed by atoms with Gasteiger partial charge in [0.25, 0.3) is 0 Å². The number of aliphatic imine (C=N–C) groups is 1. The molecule has 2 aromatic carbocycles. The highest BCUT2D eigenvalue weighted by Gasteiger charge is 2.28. The summed E-state index contributed by atoms with van der Waals surface area (Å²) >= 11 is 0. The first-order valence-electron chi connectivity index (χ1n) is 6.88. The van der Waals surface area contributed by atoms with Gasteiger partial charge in [-0.15, -0.1) is 0 Å². The van der Waals surface area contributed by atoms with Crippen molar-refractivity contribution in [2.45, 2.75) is 12.2 Å². The Morgan fingerprint density at radius 3 is 2.48 bits per heavy atom. The predicted octanol–water partition coefficient (Wildman–Crippen LogP) is 1.83. The maximum Gasteiger partial charge on any atom is 0.145 e. The quantitative estimate of drug-likeness (QED) is 0.853. The molecule has 0 fully saturated rings. The van der Waals surface area contributed by atoms with Gasteiger partial charge >= 0.3 is 0 Å². The van der Waals surface area contributed by atoms with E-state index in [4.69, 9.17) is 5.73 Å². The molecule has 1 aliphatic heterocycles. The highest BCUT2D eigenvalue weighted by molar-refractivity contribution is 6.16. The maximum atomic E-state index is 11.4. The normalized spacial score (nSPS) is 21.2. The number of nitrogens with two attached hydrogens (primary N) is 1. The van der Waals surface area contributed by atoms with Crippen LogP contribution in [0, 0.1) is 0 Å². The zero-order valence-corrected chi connectivity index (χ0v) is 11.8. The first kappa shape index (κ1) is 13.5. The highest BCUT2D eigenvalue weighted by Crippen LogP contribution is 2.28. The molecule has 1 aliphatic rings. The molecular formula is C17H17N3O. The number of carbonyl (C=O) groups excluding carboxylic acids is 1. The number of nitrogens with zero attached hydrogens (tertiary/aromatic N) is 2. The monoisotopic (exact) mass is 279 g/mol. The fourth-order valence-electron chi connectivity index (χ4n) is 2.66. The summed E-state index contributed by atoms with van der Waals surface area (Å²) < 4.78 is 0. The third-order valence-corrected chi connectivity index (χ3v) is 3.80. The van der Waals surface area contributed by atoms with Crippen LogP contribution < -0.4 is 10.6 Å². The Bertz CT molecular complexity index is 681. The second-order valence-electron chi connectivity index (χ2n) is 5.09. The second kappa shape index (κ2) is 5.50. The molecule has 106 valence electrons. The standard InChI is InChI=1S/C17H17N3O/c1-20-14-10-6-5-9-13(14)16(12-7-3-2-4-8-12)19-17(18)15(20)11-21/h2-11,15,17H,18H2,1H3/t15?,17-/m0/s1. The molecular weight excluding hydrogens is 262 g/mol. The average Bonchev–Trinajstić information content (AvgIpc) is 2.64. The molecule has 1 heterocycles. The van der Waals surface area contributed by atoms with Crippen molar-refractivity contribution in [1.29, 1.82) is 0 Å². The fourth-order valence-corrected chi connectivity index (χ4v) is 2.66. The third-order valence-electron chi connectivity index (χ3n) is 3.80. The molecule has 0 radical (unpaired) electrons. The van der Waals surface area contributed by atoms with Gasteiger partial charge in [-0.1, -0.05) is 48.5 Å². The van der Waals surface area contributed by atoms with Crippen molar-refractivity contribution in [2.24, 2.45) is 10.7 Å². The Balaban J connectivity index is 2.23. The summed E-state index contributed by atoms with van der Waals surface area (Å²) in [5.74, 6) is 0. The smallest absolute Gasteiger partial charge is 0.145 e. The number of aldehydes is 1. The molecule has 4 heteroatoms. The van der Waals surface area contributed by atoms with Crippen molar-refractivity contribution in [1.82, 2.24) is 0 Å². The van der Waals surface area contributed by atoms with E-state index in [9.17, 15) is 4.79 Å². The van der Waals surface area contributed by atoms with Crippen LogP contribution in [0.2, 0.25) is 0 Å². The summed E-state index contributed by atoms with van der Waals surface area (Å²) in [7, 11) is 1.88. The molecule has 21 heavy (non-hydrogen) atoms. The molecule has 0 aromatic heterocycles. The van der Waals surface area contributed by atoms with Gasteiger partial charge in [0.05, 0.1) is 5.71 Å². The summed E-state index contributed by atoms with van der Waals surface area (Å²) in [6, 6.07) is 17.4. The summed E-state index contributed by atoms with van der Waals surface area (Å²) in [5.41, 5.74) is 9.91. The van der Waals surface area contributed by atoms with Crippen LogP contribution in [0.3, 0.4) is 0 Å². The molecule has 0 saturated heterocycles. The number of rotatable bonds is 2. The molecule has 2 aromatic rings. The van der Waals surface area contributed by atoms with Crippen molar-refractivity contribution in [3.63, 3.8) is 0 Å². The van der Waals surface area contributed by atoms with Crippen LogP contribution >= 0.6 is 0 Å². The highest BCUT2D eigenvalue weighted by atomic mass is 16.1. The number of anilines is 1. The van der Waals surface area contributed by atoms with E-state index in [1.165, 1.54) is 0 Å². The minimum Gasteiger partial charge on any atom is -0.361 e. The molecule has 0 amide bonds. The number of fused-ring (bicyclic) bond motifs is 1. The lowest BCUT2D eigenvalue weighted by Crippen LogP contribution is -2.45. The largest absolute Gasteiger partial charge is 0.361 e. The van der Waals surface area contributed by atoms with Gasteiger partial charge in [-0.2, -0.15) is 0 Å². The van der Waals surface area contributed by atoms with E-state index in [0.717, 1.165) is 28.8 Å².